The fraction of sp³-hybridized carbons (Fsp3) is 0.167. The van der Waals surface area contributed by atoms with E-state index >= 15 is 0 Å². The topological polar surface area (TPSA) is 51.3 Å². The third kappa shape index (κ3) is 3.49. The number of fused-ring (bicyclic) bond motifs is 1. The first-order chi connectivity index (χ1) is 12.3. The molecule has 0 saturated carbocycles. The number of aromatic amines is 1. The number of halogens is 4. The standard InChI is InChI=1S/C18H13F4NO3/c1-25-17(24)14-7-6-12(13-8-9-23-16(13)14)15(19)10-2-4-11(5-3-10)26-18(20,21)22/h2-9,15,23H,1H3. The molecule has 1 aromatic heterocycles. The SMILES string of the molecule is COC(=O)c1ccc(C(F)c2ccc(OC(F)(F)F)cc2)c2cc[nH]c12. The molecule has 0 fully saturated rings. The number of H-pyrrole nitrogens is 1. The third-order valence-corrected chi connectivity index (χ3v) is 3.84. The zero-order valence-corrected chi connectivity index (χ0v) is 13.4. The maximum atomic E-state index is 15.0. The van der Waals surface area contributed by atoms with Gasteiger partial charge in [-0.2, -0.15) is 0 Å². The number of alkyl halides is 4. The minimum absolute atomic E-state index is 0.160. The van der Waals surface area contributed by atoms with Crippen LogP contribution in [-0.4, -0.2) is 24.4 Å². The number of methoxy groups -OCH3 is 1. The van der Waals surface area contributed by atoms with Gasteiger partial charge < -0.3 is 14.5 Å². The molecular weight excluding hydrogens is 354 g/mol. The molecule has 8 heteroatoms. The summed E-state index contributed by atoms with van der Waals surface area (Å²) < 4.78 is 60.0. The highest BCUT2D eigenvalue weighted by Gasteiger charge is 2.31. The molecule has 1 heterocycles. The largest absolute Gasteiger partial charge is 0.573 e. The second-order valence-corrected chi connectivity index (χ2v) is 5.44. The average Bonchev–Trinajstić information content (AvgIpc) is 3.08. The van der Waals surface area contributed by atoms with Crippen LogP contribution in [0.25, 0.3) is 10.9 Å². The van der Waals surface area contributed by atoms with Gasteiger partial charge in [-0.25, -0.2) is 9.18 Å². The van der Waals surface area contributed by atoms with Gasteiger partial charge in [-0.1, -0.05) is 18.2 Å². The summed E-state index contributed by atoms with van der Waals surface area (Å²) >= 11 is 0. The first-order valence-corrected chi connectivity index (χ1v) is 7.48. The van der Waals surface area contributed by atoms with Gasteiger partial charge in [-0.05, 0) is 35.4 Å². The number of benzene rings is 2. The van der Waals surface area contributed by atoms with Gasteiger partial charge in [0.05, 0.1) is 18.2 Å². The Bertz CT molecular complexity index is 932. The highest BCUT2D eigenvalue weighted by atomic mass is 19.4. The molecule has 0 aliphatic carbocycles. The van der Waals surface area contributed by atoms with Gasteiger partial charge in [0.2, 0.25) is 0 Å². The van der Waals surface area contributed by atoms with Gasteiger partial charge in [-0.15, -0.1) is 13.2 Å². The molecule has 1 unspecified atom stereocenters. The van der Waals surface area contributed by atoms with Crippen molar-refractivity contribution in [3.8, 4) is 5.75 Å². The van der Waals surface area contributed by atoms with E-state index in [9.17, 15) is 22.4 Å². The number of carbonyl (C=O) groups is 1. The highest BCUT2D eigenvalue weighted by molar-refractivity contribution is 6.04. The summed E-state index contributed by atoms with van der Waals surface area (Å²) in [4.78, 5) is 14.7. The number of carbonyl (C=O) groups excluding carboxylic acids is 1. The van der Waals surface area contributed by atoms with Crippen LogP contribution in [0.15, 0.2) is 48.7 Å². The number of ether oxygens (including phenoxy) is 2. The third-order valence-electron chi connectivity index (χ3n) is 3.84. The van der Waals surface area contributed by atoms with Crippen LogP contribution >= 0.6 is 0 Å². The van der Waals surface area contributed by atoms with Gasteiger partial charge in [0.25, 0.3) is 0 Å². The summed E-state index contributed by atoms with van der Waals surface area (Å²) in [6, 6.07) is 9.04. The summed E-state index contributed by atoms with van der Waals surface area (Å²) in [5.74, 6) is -0.991. The molecule has 0 aliphatic rings. The maximum absolute atomic E-state index is 15.0. The summed E-state index contributed by atoms with van der Waals surface area (Å²) in [5.41, 5.74) is 1.12. The van der Waals surface area contributed by atoms with E-state index in [1.807, 2.05) is 0 Å². The average molecular weight is 367 g/mol. The molecular formula is C18H13F4NO3. The first-order valence-electron chi connectivity index (χ1n) is 7.48. The molecule has 1 N–H and O–H groups in total. The smallest absolute Gasteiger partial charge is 0.465 e. The van der Waals surface area contributed by atoms with Crippen molar-refractivity contribution < 1.29 is 31.8 Å². The lowest BCUT2D eigenvalue weighted by Crippen LogP contribution is -2.17. The molecule has 0 aliphatic heterocycles. The normalized spacial score (nSPS) is 12.8. The molecule has 26 heavy (non-hydrogen) atoms. The molecule has 2 aromatic carbocycles. The van der Waals surface area contributed by atoms with Crippen LogP contribution in [-0.2, 0) is 4.74 Å². The van der Waals surface area contributed by atoms with E-state index in [2.05, 4.69) is 9.72 Å². The van der Waals surface area contributed by atoms with E-state index in [-0.39, 0.29) is 16.7 Å². The highest BCUT2D eigenvalue weighted by Crippen LogP contribution is 2.34. The van der Waals surface area contributed by atoms with Crippen molar-refractivity contribution >= 4 is 16.9 Å². The van der Waals surface area contributed by atoms with Gasteiger partial charge in [0, 0.05) is 11.6 Å². The van der Waals surface area contributed by atoms with Crippen LogP contribution in [0.2, 0.25) is 0 Å². The fourth-order valence-corrected chi connectivity index (χ4v) is 2.70. The number of esters is 1. The zero-order chi connectivity index (χ0) is 18.9. The summed E-state index contributed by atoms with van der Waals surface area (Å²) in [6.45, 7) is 0. The lowest BCUT2D eigenvalue weighted by molar-refractivity contribution is -0.274. The van der Waals surface area contributed by atoms with E-state index in [4.69, 9.17) is 4.74 Å². The molecule has 0 spiro atoms. The van der Waals surface area contributed by atoms with Gasteiger partial charge in [-0.3, -0.25) is 0 Å². The van der Waals surface area contributed by atoms with Crippen molar-refractivity contribution in [3.63, 3.8) is 0 Å². The Kier molecular flexibility index (Phi) is 4.58. The molecule has 136 valence electrons. The summed E-state index contributed by atoms with van der Waals surface area (Å²) in [5, 5.41) is 0.482. The van der Waals surface area contributed by atoms with Crippen molar-refractivity contribution in [2.45, 2.75) is 12.5 Å². The minimum atomic E-state index is -4.81. The van der Waals surface area contributed by atoms with Crippen molar-refractivity contribution in [1.82, 2.24) is 4.98 Å². The van der Waals surface area contributed by atoms with Crippen LogP contribution in [0.1, 0.15) is 27.7 Å². The molecule has 3 rings (SSSR count). The van der Waals surface area contributed by atoms with E-state index in [1.165, 1.54) is 31.4 Å². The Hall–Kier alpha value is -3.03. The summed E-state index contributed by atoms with van der Waals surface area (Å²) in [7, 11) is 1.24. The molecule has 3 aromatic rings. The number of rotatable bonds is 4. The van der Waals surface area contributed by atoms with Crippen molar-refractivity contribution in [3.05, 3.63) is 65.4 Å². The molecule has 0 radical (unpaired) electrons. The predicted octanol–water partition coefficient (Wildman–Crippen LogP) is 4.91. The zero-order valence-electron chi connectivity index (χ0n) is 13.4. The Morgan fingerprint density at radius 2 is 1.77 bits per heavy atom. The Morgan fingerprint density at radius 1 is 1.08 bits per heavy atom. The van der Waals surface area contributed by atoms with Crippen LogP contribution in [0.4, 0.5) is 17.6 Å². The van der Waals surface area contributed by atoms with Gasteiger partial charge in [0.1, 0.15) is 5.75 Å². The molecule has 4 nitrogen and oxygen atoms in total. The van der Waals surface area contributed by atoms with Crippen LogP contribution in [0, 0.1) is 0 Å². The lowest BCUT2D eigenvalue weighted by Gasteiger charge is -2.13. The van der Waals surface area contributed by atoms with E-state index < -0.39 is 24.3 Å². The number of nitrogens with one attached hydrogen (secondary N) is 1. The summed E-state index contributed by atoms with van der Waals surface area (Å²) in [6.07, 6.45) is -4.84. The predicted molar refractivity (Wildman–Crippen MR) is 85.7 cm³/mol. The quantitative estimate of drug-likeness (QED) is 0.526. The Labute approximate surface area is 145 Å². The van der Waals surface area contributed by atoms with Crippen LogP contribution in [0.3, 0.4) is 0 Å². The fourth-order valence-electron chi connectivity index (χ4n) is 2.70. The Morgan fingerprint density at radius 3 is 2.38 bits per heavy atom. The van der Waals surface area contributed by atoms with Crippen molar-refractivity contribution in [2.24, 2.45) is 0 Å². The maximum Gasteiger partial charge on any atom is 0.573 e. The molecule has 0 saturated heterocycles. The number of hydrogen-bond acceptors (Lipinski definition) is 3. The van der Waals surface area contributed by atoms with E-state index in [0.717, 1.165) is 12.1 Å². The van der Waals surface area contributed by atoms with E-state index in [1.54, 1.807) is 12.3 Å². The minimum Gasteiger partial charge on any atom is -0.465 e. The van der Waals surface area contributed by atoms with Gasteiger partial charge >= 0.3 is 12.3 Å². The van der Waals surface area contributed by atoms with E-state index in [0.29, 0.717) is 10.9 Å². The van der Waals surface area contributed by atoms with Crippen LogP contribution < -0.4 is 4.74 Å². The lowest BCUT2D eigenvalue weighted by atomic mass is 9.97. The number of hydrogen-bond donors (Lipinski definition) is 1. The molecule has 0 amide bonds. The first kappa shape index (κ1) is 17.8. The van der Waals surface area contributed by atoms with Crippen molar-refractivity contribution in [1.29, 1.82) is 0 Å². The Balaban J connectivity index is 1.94. The van der Waals surface area contributed by atoms with Gasteiger partial charge in [0.15, 0.2) is 6.17 Å². The second kappa shape index (κ2) is 6.70. The monoisotopic (exact) mass is 367 g/mol. The second-order valence-electron chi connectivity index (χ2n) is 5.44. The number of aromatic nitrogens is 1. The molecule has 0 bridgehead atoms. The van der Waals surface area contributed by atoms with Crippen LogP contribution in [0.5, 0.6) is 5.75 Å². The van der Waals surface area contributed by atoms with Crippen molar-refractivity contribution in [2.75, 3.05) is 7.11 Å². The molecule has 1 atom stereocenters.